The Morgan fingerprint density at radius 3 is 2.03 bits per heavy atom. The number of rotatable bonds is 12. The van der Waals surface area contributed by atoms with Crippen molar-refractivity contribution in [2.45, 2.75) is 78.8 Å². The van der Waals surface area contributed by atoms with E-state index < -0.39 is 34.1 Å². The molecule has 0 spiro atoms. The lowest BCUT2D eigenvalue weighted by atomic mass is 9.94. The Balaban J connectivity index is 5.57. The van der Waals surface area contributed by atoms with E-state index in [4.69, 9.17) is 18.2 Å². The molecule has 6 nitrogen and oxygen atoms in total. The predicted molar refractivity (Wildman–Crippen MR) is 139 cm³/mol. The summed E-state index contributed by atoms with van der Waals surface area (Å²) in [5.41, 5.74) is 0.929. The summed E-state index contributed by atoms with van der Waals surface area (Å²) >= 11 is 2.14. The van der Waals surface area contributed by atoms with Gasteiger partial charge in [0.25, 0.3) is 0 Å². The molecule has 0 amide bonds. The number of carbonyl (C=O) groups excluding carboxylic acids is 1. The molecule has 0 rings (SSSR count). The highest BCUT2D eigenvalue weighted by Crippen LogP contribution is 2.46. The summed E-state index contributed by atoms with van der Waals surface area (Å²) in [6, 6.07) is 0. The van der Waals surface area contributed by atoms with Crippen LogP contribution in [-0.2, 0) is 27.6 Å². The van der Waals surface area contributed by atoms with Crippen molar-refractivity contribution in [3.63, 3.8) is 0 Å². The number of hydrogen-bond acceptors (Lipinski definition) is 6. The number of ether oxygens (including phenoxy) is 1. The smallest absolute Gasteiger partial charge is 0.341 e. The van der Waals surface area contributed by atoms with Crippen LogP contribution in [0, 0.1) is 11.8 Å². The summed E-state index contributed by atoms with van der Waals surface area (Å²) in [5.74, 6) is -0.530. The molecule has 0 aromatic rings. The van der Waals surface area contributed by atoms with E-state index in [1.165, 1.54) is 14.2 Å². The van der Waals surface area contributed by atoms with Crippen LogP contribution in [0.1, 0.15) is 48.5 Å². The van der Waals surface area contributed by atoms with Crippen molar-refractivity contribution in [3.8, 4) is 0 Å². The van der Waals surface area contributed by atoms with Crippen LogP contribution < -0.4 is 0 Å². The molecule has 0 bridgehead atoms. The molecule has 0 saturated carbocycles. The maximum atomic E-state index is 12.5. The molecule has 0 radical (unpaired) electrons. The average Bonchev–Trinajstić information content (AvgIpc) is 2.64. The van der Waals surface area contributed by atoms with Gasteiger partial charge in [-0.1, -0.05) is 69.4 Å². The second-order valence-electron chi connectivity index (χ2n) is 9.58. The zero-order valence-electron chi connectivity index (χ0n) is 21.0. The van der Waals surface area contributed by atoms with Gasteiger partial charge in [-0.2, -0.15) is 0 Å². The normalized spacial score (nSPS) is 18.0. The monoisotopic (exact) mass is 588 g/mol. The predicted octanol–water partition coefficient (Wildman–Crippen LogP) is 6.96. The number of esters is 1. The molecule has 0 aromatic heterocycles. The standard InChI is InChI=1S/C22H42IO6PSi/c1-16(12-13-23)21(28-20(24)15-30(25,26-8)27-9)18(3)14-17(2)19(4)29-31(10,11)22(5,6)7/h12-14,16-17,19,21H,15H2,1-11H3/b13-12-,18-14+/t16-,17-,19+,21+/m0/s1. The van der Waals surface area contributed by atoms with E-state index in [-0.39, 0.29) is 23.0 Å². The molecular weight excluding hydrogens is 546 g/mol. The fraction of sp³-hybridized carbons (Fsp3) is 0.773. The number of halogens is 1. The lowest BCUT2D eigenvalue weighted by Crippen LogP contribution is -2.44. The maximum absolute atomic E-state index is 12.5. The van der Waals surface area contributed by atoms with Crippen molar-refractivity contribution in [1.29, 1.82) is 0 Å². The van der Waals surface area contributed by atoms with E-state index in [1.807, 2.05) is 24.0 Å². The molecule has 4 atom stereocenters. The molecule has 0 aliphatic heterocycles. The van der Waals surface area contributed by atoms with Gasteiger partial charge >= 0.3 is 13.6 Å². The summed E-state index contributed by atoms with van der Waals surface area (Å²) in [4.78, 5) is 12.5. The van der Waals surface area contributed by atoms with Gasteiger partial charge in [0.2, 0.25) is 0 Å². The molecule has 0 aromatic carbocycles. The van der Waals surface area contributed by atoms with Gasteiger partial charge < -0.3 is 18.2 Å². The van der Waals surface area contributed by atoms with Crippen molar-refractivity contribution in [2.24, 2.45) is 11.8 Å². The van der Waals surface area contributed by atoms with Gasteiger partial charge in [0.1, 0.15) is 12.3 Å². The highest BCUT2D eigenvalue weighted by atomic mass is 127. The molecule has 31 heavy (non-hydrogen) atoms. The van der Waals surface area contributed by atoms with Crippen molar-refractivity contribution in [2.75, 3.05) is 20.4 Å². The van der Waals surface area contributed by atoms with Crippen LogP contribution in [0.4, 0.5) is 0 Å². The molecule has 0 aliphatic carbocycles. The molecule has 0 heterocycles. The van der Waals surface area contributed by atoms with Crippen LogP contribution in [0.25, 0.3) is 0 Å². The highest BCUT2D eigenvalue weighted by Gasteiger charge is 2.39. The van der Waals surface area contributed by atoms with Crippen LogP contribution in [0.3, 0.4) is 0 Å². The molecule has 0 saturated heterocycles. The van der Waals surface area contributed by atoms with Crippen molar-refractivity contribution >= 4 is 44.5 Å². The molecule has 0 unspecified atom stereocenters. The van der Waals surface area contributed by atoms with Gasteiger partial charge in [-0.05, 0) is 47.6 Å². The van der Waals surface area contributed by atoms with E-state index in [1.54, 1.807) is 0 Å². The van der Waals surface area contributed by atoms with Gasteiger partial charge in [-0.3, -0.25) is 9.36 Å². The average molecular weight is 589 g/mol. The Labute approximate surface area is 204 Å². The first-order valence-corrected chi connectivity index (χ1v) is 16.4. The number of carbonyl (C=O) groups is 1. The Kier molecular flexibility index (Phi) is 13.0. The van der Waals surface area contributed by atoms with E-state index in [9.17, 15) is 9.36 Å². The van der Waals surface area contributed by atoms with Gasteiger partial charge in [-0.15, -0.1) is 0 Å². The van der Waals surface area contributed by atoms with Crippen molar-refractivity contribution in [1.82, 2.24) is 0 Å². The van der Waals surface area contributed by atoms with Crippen LogP contribution in [0.5, 0.6) is 0 Å². The maximum Gasteiger partial charge on any atom is 0.341 e. The third-order valence-corrected chi connectivity index (χ3v) is 12.7. The van der Waals surface area contributed by atoms with Crippen LogP contribution in [-0.4, -0.2) is 46.9 Å². The first-order chi connectivity index (χ1) is 14.0. The van der Waals surface area contributed by atoms with Crippen molar-refractivity contribution in [3.05, 3.63) is 21.8 Å². The van der Waals surface area contributed by atoms with Crippen LogP contribution in [0.15, 0.2) is 21.8 Å². The summed E-state index contributed by atoms with van der Waals surface area (Å²) in [6.45, 7) is 19.3. The SMILES string of the molecule is COP(=O)(CC(=O)O[C@@H](/C(C)=C/[C@H](C)[C@@H](C)O[Si](C)(C)C(C)(C)C)[C@@H](C)/C=C\I)OC. The lowest BCUT2D eigenvalue weighted by Gasteiger charge is -2.39. The highest BCUT2D eigenvalue weighted by molar-refractivity contribution is 14.1. The molecular formula is C22H42IO6PSi. The third kappa shape index (κ3) is 10.2. The van der Waals surface area contributed by atoms with Crippen molar-refractivity contribution < 1.29 is 27.6 Å². The third-order valence-electron chi connectivity index (χ3n) is 5.99. The van der Waals surface area contributed by atoms with Gasteiger partial charge in [0.15, 0.2) is 8.32 Å². The van der Waals surface area contributed by atoms with Crippen LogP contribution in [0.2, 0.25) is 18.1 Å². The summed E-state index contributed by atoms with van der Waals surface area (Å²) in [7, 11) is -2.86. The van der Waals surface area contributed by atoms with Crippen LogP contribution >= 0.6 is 30.2 Å². The topological polar surface area (TPSA) is 71.1 Å². The van der Waals surface area contributed by atoms with Gasteiger partial charge in [-0.25, -0.2) is 0 Å². The molecule has 0 fully saturated rings. The zero-order chi connectivity index (χ0) is 24.6. The fourth-order valence-electron chi connectivity index (χ4n) is 2.77. The second-order valence-corrected chi connectivity index (χ2v) is 17.3. The Morgan fingerprint density at radius 2 is 1.61 bits per heavy atom. The minimum absolute atomic E-state index is 0.0322. The van der Waals surface area contributed by atoms with E-state index in [0.29, 0.717) is 0 Å². The van der Waals surface area contributed by atoms with E-state index in [0.717, 1.165) is 5.57 Å². The lowest BCUT2D eigenvalue weighted by molar-refractivity contribution is -0.145. The summed E-state index contributed by atoms with van der Waals surface area (Å²) in [5, 5.41) is 0.133. The first-order valence-electron chi connectivity index (χ1n) is 10.6. The first kappa shape index (κ1) is 31.0. The minimum atomic E-state index is -3.48. The zero-order valence-corrected chi connectivity index (χ0v) is 25.1. The Bertz CT molecular complexity index is 678. The minimum Gasteiger partial charge on any atom is -0.457 e. The number of hydrogen-bond donors (Lipinski definition) is 0. The summed E-state index contributed by atoms with van der Waals surface area (Å²) in [6.07, 6.45) is 3.21. The van der Waals surface area contributed by atoms with Gasteiger partial charge in [0.05, 0.1) is 0 Å². The second kappa shape index (κ2) is 13.0. The Morgan fingerprint density at radius 1 is 1.10 bits per heavy atom. The fourth-order valence-corrected chi connectivity index (χ4v) is 5.72. The van der Waals surface area contributed by atoms with Gasteiger partial charge in [0, 0.05) is 26.2 Å². The molecule has 182 valence electrons. The quantitative estimate of drug-likeness (QED) is 0.0807. The van der Waals surface area contributed by atoms with E-state index in [2.05, 4.69) is 76.4 Å². The molecule has 0 N–H and O–H groups in total. The van der Waals surface area contributed by atoms with E-state index >= 15 is 0 Å². The summed E-state index contributed by atoms with van der Waals surface area (Å²) < 4.78 is 36.2. The molecule has 9 heteroatoms. The molecule has 0 aliphatic rings. The largest absolute Gasteiger partial charge is 0.457 e. The Hall–Kier alpha value is 0.00688.